The molecule has 196 valence electrons. The minimum atomic E-state index is -0.539. The summed E-state index contributed by atoms with van der Waals surface area (Å²) < 4.78 is 13.4. The molecule has 5 rings (SSSR count). The van der Waals surface area contributed by atoms with Gasteiger partial charge in [-0.25, -0.2) is 4.79 Å². The van der Waals surface area contributed by atoms with Crippen LogP contribution in [0, 0.1) is 11.8 Å². The minimum absolute atomic E-state index is 0.0435. The first-order valence-corrected chi connectivity index (χ1v) is 13.7. The van der Waals surface area contributed by atoms with Gasteiger partial charge in [0.2, 0.25) is 0 Å². The molecule has 3 heterocycles. The molecule has 2 saturated heterocycles. The minimum Gasteiger partial charge on any atom is -0.444 e. The summed E-state index contributed by atoms with van der Waals surface area (Å²) in [7, 11) is 2.16. The molecule has 2 unspecified atom stereocenters. The third-order valence-electron chi connectivity index (χ3n) is 8.26. The SMILES string of the molecule is Cn1c2c(c3cc(C(=O)N4CCCC(NC(=O)OC(C)(C)C)C4)ccc31)CC(C1CCOCC1)CC2. The molecule has 0 spiro atoms. The number of hydrogen-bond acceptors (Lipinski definition) is 4. The van der Waals surface area contributed by atoms with Crippen molar-refractivity contribution >= 4 is 22.9 Å². The molecule has 3 aliphatic rings. The third-order valence-corrected chi connectivity index (χ3v) is 8.26. The number of likely N-dealkylation sites (tertiary alicyclic amines) is 1. The van der Waals surface area contributed by atoms with E-state index in [4.69, 9.17) is 9.47 Å². The maximum absolute atomic E-state index is 13.6. The van der Waals surface area contributed by atoms with Crippen LogP contribution in [0.2, 0.25) is 0 Å². The van der Waals surface area contributed by atoms with Gasteiger partial charge in [-0.15, -0.1) is 0 Å². The van der Waals surface area contributed by atoms with E-state index in [0.717, 1.165) is 50.4 Å². The normalized spacial score (nSPS) is 23.4. The van der Waals surface area contributed by atoms with Gasteiger partial charge in [0.25, 0.3) is 5.91 Å². The Labute approximate surface area is 214 Å². The maximum atomic E-state index is 13.6. The van der Waals surface area contributed by atoms with Crippen molar-refractivity contribution in [2.24, 2.45) is 18.9 Å². The Morgan fingerprint density at radius 2 is 1.86 bits per heavy atom. The zero-order chi connectivity index (χ0) is 25.4. The molecule has 1 N–H and O–H groups in total. The lowest BCUT2D eigenvalue weighted by Gasteiger charge is -2.34. The van der Waals surface area contributed by atoms with Crippen LogP contribution >= 0.6 is 0 Å². The monoisotopic (exact) mass is 495 g/mol. The van der Waals surface area contributed by atoms with Crippen LogP contribution in [0.25, 0.3) is 10.9 Å². The van der Waals surface area contributed by atoms with E-state index in [0.29, 0.717) is 19.0 Å². The maximum Gasteiger partial charge on any atom is 0.407 e. The first kappa shape index (κ1) is 25.1. The van der Waals surface area contributed by atoms with Gasteiger partial charge in [-0.3, -0.25) is 4.79 Å². The number of aryl methyl sites for hydroxylation is 1. The van der Waals surface area contributed by atoms with Gasteiger partial charge in [0, 0.05) is 61.6 Å². The van der Waals surface area contributed by atoms with Crippen LogP contribution in [0.1, 0.15) is 74.5 Å². The molecule has 1 aromatic carbocycles. The Bertz CT molecular complexity index is 1130. The standard InChI is InChI=1S/C29H41N3O4/c1-29(2,3)36-28(34)30-22-6-5-13-32(18-22)27(33)21-8-10-26-24(17-21)23-16-20(7-9-25(23)31(26)4)19-11-14-35-15-12-19/h8,10,17,19-20,22H,5-7,9,11-16,18H2,1-4H3,(H,30,34). The average Bonchev–Trinajstić information content (AvgIpc) is 3.14. The number of amides is 2. The van der Waals surface area contributed by atoms with Gasteiger partial charge in [0.15, 0.2) is 0 Å². The van der Waals surface area contributed by atoms with Crippen molar-refractivity contribution in [2.75, 3.05) is 26.3 Å². The van der Waals surface area contributed by atoms with Gasteiger partial charge < -0.3 is 24.3 Å². The predicted octanol–water partition coefficient (Wildman–Crippen LogP) is 4.84. The van der Waals surface area contributed by atoms with E-state index in [-0.39, 0.29) is 11.9 Å². The van der Waals surface area contributed by atoms with Crippen molar-refractivity contribution in [1.29, 1.82) is 0 Å². The molecule has 2 atom stereocenters. The number of piperidine rings is 1. The number of ether oxygens (including phenoxy) is 2. The second-order valence-electron chi connectivity index (χ2n) is 11.9. The number of carbonyl (C=O) groups is 2. The molecule has 2 fully saturated rings. The number of benzene rings is 1. The van der Waals surface area contributed by atoms with Crippen molar-refractivity contribution in [1.82, 2.24) is 14.8 Å². The van der Waals surface area contributed by atoms with Crippen LogP contribution in [0.3, 0.4) is 0 Å². The van der Waals surface area contributed by atoms with Gasteiger partial charge in [-0.05, 0) is 101 Å². The molecule has 7 heteroatoms. The molecule has 7 nitrogen and oxygen atoms in total. The van der Waals surface area contributed by atoms with Crippen molar-refractivity contribution in [2.45, 2.75) is 77.4 Å². The van der Waals surface area contributed by atoms with Gasteiger partial charge >= 0.3 is 6.09 Å². The van der Waals surface area contributed by atoms with E-state index < -0.39 is 11.7 Å². The molecule has 2 amide bonds. The van der Waals surface area contributed by atoms with E-state index in [1.54, 1.807) is 0 Å². The smallest absolute Gasteiger partial charge is 0.407 e. The number of nitrogens with one attached hydrogen (secondary N) is 1. The molecule has 0 saturated carbocycles. The number of aromatic nitrogens is 1. The summed E-state index contributed by atoms with van der Waals surface area (Å²) in [5.41, 5.74) is 4.28. The summed E-state index contributed by atoms with van der Waals surface area (Å²) in [6.07, 6.45) is 7.08. The number of alkyl carbamates (subject to hydrolysis) is 1. The summed E-state index contributed by atoms with van der Waals surface area (Å²) >= 11 is 0. The van der Waals surface area contributed by atoms with Gasteiger partial charge in [-0.1, -0.05) is 0 Å². The van der Waals surface area contributed by atoms with E-state index in [2.05, 4.69) is 29.1 Å². The fourth-order valence-corrected chi connectivity index (χ4v) is 6.47. The molecule has 2 aliphatic heterocycles. The van der Waals surface area contributed by atoms with Crippen LogP contribution in [-0.4, -0.2) is 59.4 Å². The summed E-state index contributed by atoms with van der Waals surface area (Å²) in [4.78, 5) is 27.7. The summed E-state index contributed by atoms with van der Waals surface area (Å²) in [6.45, 7) is 8.56. The Balaban J connectivity index is 1.32. The van der Waals surface area contributed by atoms with Crippen molar-refractivity contribution < 1.29 is 19.1 Å². The molecular formula is C29H41N3O4. The Morgan fingerprint density at radius 1 is 1.08 bits per heavy atom. The summed E-state index contributed by atoms with van der Waals surface area (Å²) in [5.74, 6) is 1.49. The number of nitrogens with zero attached hydrogens (tertiary/aromatic N) is 2. The van der Waals surface area contributed by atoms with Crippen molar-refractivity contribution in [3.8, 4) is 0 Å². The first-order valence-electron chi connectivity index (χ1n) is 13.7. The van der Waals surface area contributed by atoms with E-state index in [9.17, 15) is 9.59 Å². The molecule has 1 aliphatic carbocycles. The number of fused-ring (bicyclic) bond motifs is 3. The Morgan fingerprint density at radius 3 is 2.61 bits per heavy atom. The van der Waals surface area contributed by atoms with Crippen LogP contribution in [0.15, 0.2) is 18.2 Å². The highest BCUT2D eigenvalue weighted by molar-refractivity contribution is 5.99. The van der Waals surface area contributed by atoms with Crippen LogP contribution in [0.5, 0.6) is 0 Å². The second kappa shape index (κ2) is 10.1. The number of hydrogen-bond donors (Lipinski definition) is 1. The van der Waals surface area contributed by atoms with Gasteiger partial charge in [0.1, 0.15) is 5.60 Å². The lowest BCUT2D eigenvalue weighted by molar-refractivity contribution is 0.0438. The highest BCUT2D eigenvalue weighted by Gasteiger charge is 2.32. The molecule has 0 bridgehead atoms. The van der Waals surface area contributed by atoms with Gasteiger partial charge in [-0.2, -0.15) is 0 Å². The van der Waals surface area contributed by atoms with E-state index in [1.165, 1.54) is 41.4 Å². The number of rotatable bonds is 3. The predicted molar refractivity (Wildman–Crippen MR) is 140 cm³/mol. The van der Waals surface area contributed by atoms with Crippen molar-refractivity contribution in [3.63, 3.8) is 0 Å². The fraction of sp³-hybridized carbons (Fsp3) is 0.655. The third kappa shape index (κ3) is 5.26. The lowest BCUT2D eigenvalue weighted by atomic mass is 9.75. The molecule has 0 radical (unpaired) electrons. The van der Waals surface area contributed by atoms with E-state index in [1.807, 2.05) is 31.7 Å². The summed E-state index contributed by atoms with van der Waals surface area (Å²) in [6, 6.07) is 6.11. The Hall–Kier alpha value is -2.54. The highest BCUT2D eigenvalue weighted by Crippen LogP contribution is 2.39. The van der Waals surface area contributed by atoms with Crippen molar-refractivity contribution in [3.05, 3.63) is 35.0 Å². The molecule has 36 heavy (non-hydrogen) atoms. The first-order chi connectivity index (χ1) is 17.2. The molecule has 1 aromatic heterocycles. The largest absolute Gasteiger partial charge is 0.444 e. The highest BCUT2D eigenvalue weighted by atomic mass is 16.6. The van der Waals surface area contributed by atoms with Crippen LogP contribution in [0.4, 0.5) is 4.79 Å². The number of carbonyl (C=O) groups excluding carboxylic acids is 2. The fourth-order valence-electron chi connectivity index (χ4n) is 6.47. The van der Waals surface area contributed by atoms with Crippen LogP contribution < -0.4 is 5.32 Å². The van der Waals surface area contributed by atoms with Gasteiger partial charge in [0.05, 0.1) is 0 Å². The second-order valence-corrected chi connectivity index (χ2v) is 11.9. The molecular weight excluding hydrogens is 454 g/mol. The molecule has 2 aromatic rings. The Kier molecular flexibility index (Phi) is 7.03. The van der Waals surface area contributed by atoms with E-state index >= 15 is 0 Å². The lowest BCUT2D eigenvalue weighted by Crippen LogP contribution is -2.50. The van der Waals surface area contributed by atoms with Crippen LogP contribution in [-0.2, 0) is 29.4 Å². The zero-order valence-corrected chi connectivity index (χ0v) is 22.3. The topological polar surface area (TPSA) is 72.8 Å². The quantitative estimate of drug-likeness (QED) is 0.661. The zero-order valence-electron chi connectivity index (χ0n) is 22.3. The summed E-state index contributed by atoms with van der Waals surface area (Å²) in [5, 5.41) is 4.19. The average molecular weight is 496 g/mol.